The third kappa shape index (κ3) is 14.1. The molecule has 0 aliphatic carbocycles. The third-order valence-electron chi connectivity index (χ3n) is 8.98. The van der Waals surface area contributed by atoms with Gasteiger partial charge in [0.05, 0.1) is 34.1 Å². The van der Waals surface area contributed by atoms with Crippen LogP contribution in [0.25, 0.3) is 0 Å². The molecule has 0 atom stereocenters. The van der Waals surface area contributed by atoms with E-state index in [0.29, 0.717) is 22.5 Å². The molecule has 8 rings (SSSR count). The van der Waals surface area contributed by atoms with Gasteiger partial charge in [-0.3, -0.25) is 9.98 Å². The van der Waals surface area contributed by atoms with Gasteiger partial charge in [0.15, 0.2) is 0 Å². The molecule has 0 fully saturated rings. The first-order valence-electron chi connectivity index (χ1n) is 19.7. The van der Waals surface area contributed by atoms with Crippen LogP contribution in [0.4, 0.5) is 34.1 Å². The van der Waals surface area contributed by atoms with Gasteiger partial charge in [-0.05, 0) is 122 Å². The summed E-state index contributed by atoms with van der Waals surface area (Å²) in [5, 5.41) is 42.0. The number of hydrogen-bond acceptors (Lipinski definition) is 10. The molecule has 304 valence electrons. The van der Waals surface area contributed by atoms with Crippen LogP contribution in [0.1, 0.15) is 22.3 Å². The second-order valence-corrected chi connectivity index (χ2v) is 16.0. The predicted octanol–water partition coefficient (Wildman–Crippen LogP) is 14.8. The molecular formula is C52H40N6O2S2Zn. The van der Waals surface area contributed by atoms with Crippen LogP contribution < -0.4 is 10.2 Å². The van der Waals surface area contributed by atoms with E-state index in [1.807, 2.05) is 147 Å². The topological polar surface area (TPSA) is 120 Å². The van der Waals surface area contributed by atoms with Crippen molar-refractivity contribution in [1.82, 2.24) is 0 Å². The summed E-state index contributed by atoms with van der Waals surface area (Å²) in [6, 6.07) is 61.4. The van der Waals surface area contributed by atoms with E-state index in [9.17, 15) is 10.2 Å². The van der Waals surface area contributed by atoms with Crippen molar-refractivity contribution in [2.45, 2.75) is 33.4 Å². The Kier molecular flexibility index (Phi) is 17.0. The Bertz CT molecular complexity index is 2640. The molecule has 0 N–H and O–H groups in total. The van der Waals surface area contributed by atoms with Crippen LogP contribution in [0.15, 0.2) is 244 Å². The molecule has 0 amide bonds. The molecule has 0 unspecified atom stereocenters. The van der Waals surface area contributed by atoms with Crippen molar-refractivity contribution in [2.24, 2.45) is 30.4 Å². The fourth-order valence-electron chi connectivity index (χ4n) is 5.65. The first-order valence-corrected chi connectivity index (χ1v) is 21.3. The van der Waals surface area contributed by atoms with Crippen molar-refractivity contribution in [3.05, 3.63) is 216 Å². The molecular weight excluding hydrogens is 870 g/mol. The summed E-state index contributed by atoms with van der Waals surface area (Å²) in [7, 11) is 0. The molecule has 0 saturated carbocycles. The van der Waals surface area contributed by atoms with Crippen LogP contribution in [0.5, 0.6) is 11.5 Å². The number of nitrogens with zero attached hydrogens (tertiary/aromatic N) is 6. The molecule has 0 spiro atoms. The quantitative estimate of drug-likeness (QED) is 0.0688. The molecule has 0 saturated heterocycles. The summed E-state index contributed by atoms with van der Waals surface area (Å²) >= 11 is 3.27. The van der Waals surface area contributed by atoms with Crippen molar-refractivity contribution in [3.63, 3.8) is 0 Å². The summed E-state index contributed by atoms with van der Waals surface area (Å²) < 4.78 is 0. The van der Waals surface area contributed by atoms with E-state index in [0.717, 1.165) is 53.5 Å². The third-order valence-corrected chi connectivity index (χ3v) is 11.1. The van der Waals surface area contributed by atoms with E-state index in [2.05, 4.69) is 54.7 Å². The molecule has 11 heteroatoms. The number of rotatable bonds is 12. The summed E-state index contributed by atoms with van der Waals surface area (Å²) in [6.07, 6.45) is 3.15. The van der Waals surface area contributed by atoms with Crippen molar-refractivity contribution in [1.29, 1.82) is 0 Å². The average Bonchev–Trinajstić information content (AvgIpc) is 3.30. The van der Waals surface area contributed by atoms with Crippen LogP contribution >= 0.6 is 23.5 Å². The molecule has 8 nitrogen and oxygen atoms in total. The van der Waals surface area contributed by atoms with Gasteiger partial charge in [0.25, 0.3) is 0 Å². The first kappa shape index (κ1) is 45.7. The molecule has 0 aliphatic heterocycles. The second-order valence-electron chi connectivity index (χ2n) is 13.8. The molecule has 8 aromatic rings. The maximum absolute atomic E-state index is 12.2. The number of aliphatic imine (C=N–C) groups is 2. The maximum atomic E-state index is 12.2. The Labute approximate surface area is 389 Å². The summed E-state index contributed by atoms with van der Waals surface area (Å²) in [5.74, 6) is -0.204. The van der Waals surface area contributed by atoms with Crippen LogP contribution in [0.3, 0.4) is 0 Å². The number of benzene rings is 8. The van der Waals surface area contributed by atoms with E-state index < -0.39 is 0 Å². The zero-order valence-electron chi connectivity index (χ0n) is 34.7. The van der Waals surface area contributed by atoms with Crippen LogP contribution in [0.2, 0.25) is 0 Å². The second kappa shape index (κ2) is 23.4. The first-order chi connectivity index (χ1) is 30.3. The molecule has 0 aliphatic rings. The van der Waals surface area contributed by atoms with E-state index in [4.69, 9.17) is 0 Å². The Hall–Kier alpha value is -6.78. The van der Waals surface area contributed by atoms with Crippen molar-refractivity contribution in [3.8, 4) is 11.5 Å². The summed E-state index contributed by atoms with van der Waals surface area (Å²) in [4.78, 5) is 13.1. The van der Waals surface area contributed by atoms with Crippen LogP contribution in [0, 0.1) is 13.8 Å². The van der Waals surface area contributed by atoms with Crippen molar-refractivity contribution in [2.75, 3.05) is 0 Å². The molecule has 0 aromatic heterocycles. The Morgan fingerprint density at radius 3 is 1.13 bits per heavy atom. The van der Waals surface area contributed by atoms with Crippen LogP contribution in [-0.4, -0.2) is 12.4 Å². The van der Waals surface area contributed by atoms with Gasteiger partial charge in [-0.2, -0.15) is 10.2 Å². The SMILES string of the molecule is Cc1ccc(N=Cc2cc(N=Nc3ccccc3Sc3ccccc3)ccc2[O-])cc1.Cc1ccc(N=Cc2cc(N=Nc3ccccc3Sc3ccccc3)ccc2[O-])cc1.[Zn+2]. The molecule has 0 bridgehead atoms. The number of aryl methyl sites for hydroxylation is 2. The van der Waals surface area contributed by atoms with Gasteiger partial charge in [-0.15, -0.1) is 10.2 Å². The van der Waals surface area contributed by atoms with Gasteiger partial charge in [0.2, 0.25) is 0 Å². The van der Waals surface area contributed by atoms with Gasteiger partial charge in [-0.25, -0.2) is 0 Å². The van der Waals surface area contributed by atoms with E-state index in [1.54, 1.807) is 60.2 Å². The molecule has 8 aromatic carbocycles. The Morgan fingerprint density at radius 1 is 0.381 bits per heavy atom. The number of azo groups is 2. The zero-order valence-corrected chi connectivity index (χ0v) is 39.3. The van der Waals surface area contributed by atoms with E-state index >= 15 is 0 Å². The molecule has 0 heterocycles. The van der Waals surface area contributed by atoms with Gasteiger partial charge in [-0.1, -0.05) is 143 Å². The van der Waals surface area contributed by atoms with Crippen molar-refractivity contribution >= 4 is 70.1 Å². The molecule has 63 heavy (non-hydrogen) atoms. The van der Waals surface area contributed by atoms with Gasteiger partial charge in [0, 0.05) is 32.0 Å². The fraction of sp³-hybridized carbons (Fsp3) is 0.0385. The standard InChI is InChI=1S/2C26H21N3OS.Zn/c2*1-19-11-13-21(14-12-19)27-18-20-17-22(15-16-25(20)30)28-29-24-9-5-6-10-26(24)31-23-7-3-2-4-8-23;/h2*2-18,30H,1H3;/q;;+2/p-2. The number of hydrogen-bond donors (Lipinski definition) is 0. The largest absolute Gasteiger partial charge is 2.00 e. The van der Waals surface area contributed by atoms with Crippen LogP contribution in [-0.2, 0) is 19.5 Å². The minimum Gasteiger partial charge on any atom is -0.872 e. The normalized spacial score (nSPS) is 11.2. The predicted molar refractivity (Wildman–Crippen MR) is 251 cm³/mol. The average molecular weight is 910 g/mol. The minimum absolute atomic E-state index is 0. The minimum atomic E-state index is -0.102. The molecule has 0 radical (unpaired) electrons. The summed E-state index contributed by atoms with van der Waals surface area (Å²) in [5.41, 5.74) is 7.62. The smallest absolute Gasteiger partial charge is 0.872 e. The zero-order chi connectivity index (χ0) is 42.9. The van der Waals surface area contributed by atoms with E-state index in [1.165, 1.54) is 12.1 Å². The van der Waals surface area contributed by atoms with Gasteiger partial charge >= 0.3 is 19.5 Å². The van der Waals surface area contributed by atoms with Gasteiger partial charge in [0.1, 0.15) is 0 Å². The van der Waals surface area contributed by atoms with E-state index in [-0.39, 0.29) is 31.0 Å². The Balaban J connectivity index is 0.000000206. The summed E-state index contributed by atoms with van der Waals surface area (Å²) in [6.45, 7) is 4.04. The Morgan fingerprint density at radius 2 is 0.730 bits per heavy atom. The monoisotopic (exact) mass is 908 g/mol. The van der Waals surface area contributed by atoms with Crippen molar-refractivity contribution < 1.29 is 29.7 Å². The fourth-order valence-corrected chi connectivity index (χ4v) is 7.47. The van der Waals surface area contributed by atoms with Gasteiger partial charge < -0.3 is 10.2 Å². The maximum Gasteiger partial charge on any atom is 2.00 e.